The van der Waals surface area contributed by atoms with E-state index in [2.05, 4.69) is 27.3 Å². The molecule has 0 atom stereocenters. The van der Waals surface area contributed by atoms with Crippen LogP contribution in [0.2, 0.25) is 0 Å². The highest BCUT2D eigenvalue weighted by Gasteiger charge is 2.09. The lowest BCUT2D eigenvalue weighted by Crippen LogP contribution is -2.19. The summed E-state index contributed by atoms with van der Waals surface area (Å²) in [7, 11) is 2.02. The minimum absolute atomic E-state index is 0.173. The first kappa shape index (κ1) is 16.9. The van der Waals surface area contributed by atoms with E-state index in [1.165, 1.54) is 23.0 Å². The Hall–Kier alpha value is -2.92. The third kappa shape index (κ3) is 4.78. The molecule has 126 valence electrons. The Morgan fingerprint density at radius 1 is 1.16 bits per heavy atom. The third-order valence-corrected chi connectivity index (χ3v) is 4.30. The minimum atomic E-state index is -0.173. The van der Waals surface area contributed by atoms with Crippen molar-refractivity contribution >= 4 is 34.7 Å². The Kier molecular flexibility index (Phi) is 5.59. The summed E-state index contributed by atoms with van der Waals surface area (Å²) in [5, 5.41) is 4.84. The van der Waals surface area contributed by atoms with Crippen LogP contribution in [-0.4, -0.2) is 17.9 Å². The first-order valence-electron chi connectivity index (χ1n) is 7.94. The zero-order valence-electron chi connectivity index (χ0n) is 13.9. The number of nitrogens with one attached hydrogen (secondary N) is 1. The number of carbonyl (C=O) groups excluding carboxylic acids is 1. The van der Waals surface area contributed by atoms with Crippen molar-refractivity contribution in [1.82, 2.24) is 4.98 Å². The van der Waals surface area contributed by atoms with E-state index < -0.39 is 0 Å². The van der Waals surface area contributed by atoms with Gasteiger partial charge in [0.25, 0.3) is 0 Å². The average molecular weight is 349 g/mol. The topological polar surface area (TPSA) is 45.2 Å². The summed E-state index contributed by atoms with van der Waals surface area (Å²) in [4.78, 5) is 18.5. The number of benzene rings is 2. The molecule has 0 aliphatic heterocycles. The van der Waals surface area contributed by atoms with Crippen LogP contribution in [0.4, 0.5) is 11.4 Å². The molecule has 1 heterocycles. The summed E-state index contributed by atoms with van der Waals surface area (Å²) < 4.78 is 0. The van der Waals surface area contributed by atoms with Crippen LogP contribution in [0.1, 0.15) is 11.3 Å². The smallest absolute Gasteiger partial charge is 0.248 e. The van der Waals surface area contributed by atoms with Crippen LogP contribution in [0.5, 0.6) is 0 Å². The van der Waals surface area contributed by atoms with E-state index in [-0.39, 0.29) is 5.91 Å². The fraction of sp³-hybridized carbons (Fsp3) is 0.100. The highest BCUT2D eigenvalue weighted by molar-refractivity contribution is 7.07. The summed E-state index contributed by atoms with van der Waals surface area (Å²) in [6.07, 6.45) is 3.21. The standard InChI is InChI=1S/C20H19N3OS/c1-23(13-16-7-3-2-4-8-16)19-10-6-5-9-18(19)22-20(24)12-11-17-14-25-15-21-17/h2-12,14-15H,13H2,1H3,(H,22,24)/b12-11+. The van der Waals surface area contributed by atoms with Crippen molar-refractivity contribution in [2.24, 2.45) is 0 Å². The number of hydrogen-bond acceptors (Lipinski definition) is 4. The van der Waals surface area contributed by atoms with E-state index in [0.717, 1.165) is 23.6 Å². The van der Waals surface area contributed by atoms with Crippen molar-refractivity contribution in [2.45, 2.75) is 6.54 Å². The number of thiazole rings is 1. The van der Waals surface area contributed by atoms with Gasteiger partial charge in [-0.1, -0.05) is 42.5 Å². The normalized spacial score (nSPS) is 10.8. The molecule has 0 saturated heterocycles. The molecule has 4 nitrogen and oxygen atoms in total. The first-order valence-corrected chi connectivity index (χ1v) is 8.88. The number of nitrogens with zero attached hydrogens (tertiary/aromatic N) is 2. The van der Waals surface area contributed by atoms with Crippen molar-refractivity contribution in [2.75, 3.05) is 17.3 Å². The maximum atomic E-state index is 12.2. The van der Waals surface area contributed by atoms with Crippen molar-refractivity contribution in [3.05, 3.63) is 82.8 Å². The monoisotopic (exact) mass is 349 g/mol. The lowest BCUT2D eigenvalue weighted by atomic mass is 10.2. The van der Waals surface area contributed by atoms with Crippen LogP contribution >= 0.6 is 11.3 Å². The Labute approximate surface area is 151 Å². The van der Waals surface area contributed by atoms with Gasteiger partial charge in [0.05, 0.1) is 22.6 Å². The van der Waals surface area contributed by atoms with Gasteiger partial charge >= 0.3 is 0 Å². The minimum Gasteiger partial charge on any atom is -0.369 e. The number of para-hydroxylation sites is 2. The number of hydrogen-bond donors (Lipinski definition) is 1. The predicted octanol–water partition coefficient (Wildman–Crippen LogP) is 4.43. The van der Waals surface area contributed by atoms with Crippen LogP contribution in [0.25, 0.3) is 6.08 Å². The average Bonchev–Trinajstić information content (AvgIpc) is 3.15. The van der Waals surface area contributed by atoms with Gasteiger partial charge in [-0.15, -0.1) is 11.3 Å². The first-order chi connectivity index (χ1) is 12.2. The summed E-state index contributed by atoms with van der Waals surface area (Å²) in [6.45, 7) is 0.766. The molecule has 0 unspecified atom stereocenters. The van der Waals surface area contributed by atoms with Gasteiger partial charge in [0.2, 0.25) is 5.91 Å². The van der Waals surface area contributed by atoms with Crippen molar-refractivity contribution in [1.29, 1.82) is 0 Å². The molecule has 2 aromatic carbocycles. The lowest BCUT2D eigenvalue weighted by Gasteiger charge is -2.22. The van der Waals surface area contributed by atoms with Crippen molar-refractivity contribution < 1.29 is 4.79 Å². The van der Waals surface area contributed by atoms with Gasteiger partial charge in [-0.2, -0.15) is 0 Å². The number of rotatable bonds is 6. The fourth-order valence-electron chi connectivity index (χ4n) is 2.49. The maximum absolute atomic E-state index is 12.2. The van der Waals surface area contributed by atoms with Gasteiger partial charge in [-0.3, -0.25) is 4.79 Å². The highest BCUT2D eigenvalue weighted by atomic mass is 32.1. The van der Waals surface area contributed by atoms with Crippen LogP contribution in [0, 0.1) is 0 Å². The molecule has 25 heavy (non-hydrogen) atoms. The van der Waals surface area contributed by atoms with Gasteiger partial charge in [0, 0.05) is 25.0 Å². The van der Waals surface area contributed by atoms with Crippen molar-refractivity contribution in [3.8, 4) is 0 Å². The second kappa shape index (κ2) is 8.26. The Morgan fingerprint density at radius 3 is 2.68 bits per heavy atom. The van der Waals surface area contributed by atoms with E-state index in [9.17, 15) is 4.79 Å². The second-order valence-electron chi connectivity index (χ2n) is 5.59. The quantitative estimate of drug-likeness (QED) is 0.670. The molecule has 0 aliphatic rings. The Bertz CT molecular complexity index is 844. The SMILES string of the molecule is CN(Cc1ccccc1)c1ccccc1NC(=O)/C=C/c1cscn1. The summed E-state index contributed by atoms with van der Waals surface area (Å²) in [6, 6.07) is 18.0. The molecule has 0 aliphatic carbocycles. The molecular formula is C20H19N3OS. The van der Waals surface area contributed by atoms with Crippen LogP contribution in [0.15, 0.2) is 71.6 Å². The molecular weight excluding hydrogens is 330 g/mol. The molecule has 5 heteroatoms. The molecule has 1 amide bonds. The predicted molar refractivity (Wildman–Crippen MR) is 105 cm³/mol. The molecule has 1 N–H and O–H groups in total. The van der Waals surface area contributed by atoms with E-state index in [0.29, 0.717) is 0 Å². The lowest BCUT2D eigenvalue weighted by molar-refractivity contribution is -0.111. The van der Waals surface area contributed by atoms with E-state index in [1.54, 1.807) is 11.6 Å². The number of anilines is 2. The van der Waals surface area contributed by atoms with Crippen molar-refractivity contribution in [3.63, 3.8) is 0 Å². The van der Waals surface area contributed by atoms with Gasteiger partial charge in [-0.25, -0.2) is 4.98 Å². The van der Waals surface area contributed by atoms with Gasteiger partial charge in [-0.05, 0) is 23.8 Å². The second-order valence-corrected chi connectivity index (χ2v) is 6.31. The number of amides is 1. The molecule has 0 saturated carbocycles. The molecule has 0 spiro atoms. The summed E-state index contributed by atoms with van der Waals surface area (Å²) >= 11 is 1.50. The van der Waals surface area contributed by atoms with E-state index in [4.69, 9.17) is 0 Å². The van der Waals surface area contributed by atoms with Gasteiger partial charge in [0.1, 0.15) is 0 Å². The molecule has 3 rings (SSSR count). The summed E-state index contributed by atoms with van der Waals surface area (Å²) in [5.41, 5.74) is 5.51. The maximum Gasteiger partial charge on any atom is 0.248 e. The molecule has 3 aromatic rings. The number of aromatic nitrogens is 1. The third-order valence-electron chi connectivity index (χ3n) is 3.69. The summed E-state index contributed by atoms with van der Waals surface area (Å²) in [5.74, 6) is -0.173. The number of carbonyl (C=O) groups is 1. The molecule has 0 bridgehead atoms. The van der Waals surface area contributed by atoms with E-state index in [1.807, 2.05) is 54.9 Å². The Morgan fingerprint density at radius 2 is 1.92 bits per heavy atom. The van der Waals surface area contributed by atoms with Crippen LogP contribution in [-0.2, 0) is 11.3 Å². The largest absolute Gasteiger partial charge is 0.369 e. The molecule has 0 radical (unpaired) electrons. The van der Waals surface area contributed by atoms with Gasteiger partial charge in [0.15, 0.2) is 0 Å². The van der Waals surface area contributed by atoms with E-state index >= 15 is 0 Å². The molecule has 0 fully saturated rings. The zero-order chi connectivity index (χ0) is 17.5. The fourth-order valence-corrected chi connectivity index (χ4v) is 3.02. The van der Waals surface area contributed by atoms with Crippen LogP contribution < -0.4 is 10.2 Å². The van der Waals surface area contributed by atoms with Crippen LogP contribution in [0.3, 0.4) is 0 Å². The van der Waals surface area contributed by atoms with Gasteiger partial charge < -0.3 is 10.2 Å². The Balaban J connectivity index is 1.71. The zero-order valence-corrected chi connectivity index (χ0v) is 14.7. The highest BCUT2D eigenvalue weighted by Crippen LogP contribution is 2.26. The molecule has 1 aromatic heterocycles.